The fourth-order valence-electron chi connectivity index (χ4n) is 10.8. The monoisotopic (exact) mass is 619 g/mol. The van der Waals surface area contributed by atoms with Crippen molar-refractivity contribution in [3.05, 3.63) is 41.5 Å². The van der Waals surface area contributed by atoms with Crippen LogP contribution < -0.4 is 10.1 Å². The quantitative estimate of drug-likeness (QED) is 0.325. The van der Waals surface area contributed by atoms with E-state index in [2.05, 4.69) is 80.5 Å². The third kappa shape index (κ3) is 5.86. The number of ether oxygens (including phenoxy) is 1. The number of nitrogens with zero attached hydrogens (tertiary/aromatic N) is 2. The van der Waals surface area contributed by atoms with Gasteiger partial charge in [0.25, 0.3) is 5.91 Å². The summed E-state index contributed by atoms with van der Waals surface area (Å²) in [5, 5.41) is 18.4. The molecule has 0 bridgehead atoms. The summed E-state index contributed by atoms with van der Waals surface area (Å²) in [6, 6.07) is 8.98. The number of hydrogen-bond donors (Lipinski definition) is 2. The molecule has 1 aromatic rings. The number of nitrogens with one attached hydrogen (secondary N) is 1. The van der Waals surface area contributed by atoms with Gasteiger partial charge in [-0.2, -0.15) is 0 Å². The van der Waals surface area contributed by atoms with Gasteiger partial charge in [0.05, 0.1) is 18.9 Å². The van der Waals surface area contributed by atoms with Crippen LogP contribution in [0.5, 0.6) is 5.75 Å². The molecule has 0 radical (unpaired) electrons. The summed E-state index contributed by atoms with van der Waals surface area (Å²) in [5.41, 5.74) is 4.14. The summed E-state index contributed by atoms with van der Waals surface area (Å²) < 4.78 is 5.42. The number of fused-ring (bicyclic) bond motifs is 5. The van der Waals surface area contributed by atoms with Gasteiger partial charge < -0.3 is 24.9 Å². The molecule has 2 N–H and O–H groups in total. The number of aliphatic hydroxyl groups excluding tert-OH is 1. The highest BCUT2D eigenvalue weighted by molar-refractivity contribution is 5.96. The van der Waals surface area contributed by atoms with Crippen LogP contribution in [0.15, 0.2) is 41.1 Å². The summed E-state index contributed by atoms with van der Waals surface area (Å²) in [5.74, 6) is 3.30. The minimum absolute atomic E-state index is 0.0129. The second kappa shape index (κ2) is 12.7. The molecule has 4 fully saturated rings. The lowest BCUT2D eigenvalue weighted by atomic mass is 9.47. The number of piperidine rings is 1. The van der Waals surface area contributed by atoms with Crippen LogP contribution in [0.3, 0.4) is 0 Å². The Bertz CT molecular complexity index is 1290. The second-order valence-electron chi connectivity index (χ2n) is 15.9. The lowest BCUT2D eigenvalue weighted by Gasteiger charge is -2.57. The number of amides is 1. The van der Waals surface area contributed by atoms with Crippen LogP contribution in [-0.2, 0) is 15.0 Å². The molecule has 5 aliphatic rings. The van der Waals surface area contributed by atoms with Crippen molar-refractivity contribution < 1.29 is 19.5 Å². The van der Waals surface area contributed by atoms with E-state index < -0.39 is 0 Å². The Morgan fingerprint density at radius 3 is 2.60 bits per heavy atom. The van der Waals surface area contributed by atoms with Crippen molar-refractivity contribution in [3.63, 3.8) is 0 Å². The third-order valence-electron chi connectivity index (χ3n) is 13.8. The first-order valence-electron chi connectivity index (χ1n) is 17.7. The number of benzene rings is 1. The second-order valence-corrected chi connectivity index (χ2v) is 15.9. The van der Waals surface area contributed by atoms with Gasteiger partial charge >= 0.3 is 0 Å². The van der Waals surface area contributed by atoms with Gasteiger partial charge in [0, 0.05) is 24.5 Å². The predicted molar refractivity (Wildman–Crippen MR) is 179 cm³/mol. The molecule has 9 atom stereocenters. The van der Waals surface area contributed by atoms with Gasteiger partial charge in [0.2, 0.25) is 0 Å². The molecule has 1 amide bonds. The number of likely N-dealkylation sites (tertiary alicyclic amines) is 1. The molecule has 6 rings (SSSR count). The van der Waals surface area contributed by atoms with Crippen LogP contribution >= 0.6 is 0 Å². The molecular formula is C38H57N3O4. The van der Waals surface area contributed by atoms with Gasteiger partial charge in [0.15, 0.2) is 6.61 Å². The number of methoxy groups -OCH3 is 1. The summed E-state index contributed by atoms with van der Waals surface area (Å²) in [6.07, 6.45) is 13.0. The van der Waals surface area contributed by atoms with Crippen LogP contribution in [-0.4, -0.2) is 67.6 Å². The molecule has 248 valence electrons. The predicted octanol–water partition coefficient (Wildman–Crippen LogP) is 6.50. The molecular weight excluding hydrogens is 562 g/mol. The van der Waals surface area contributed by atoms with Gasteiger partial charge in [-0.3, -0.25) is 4.79 Å². The van der Waals surface area contributed by atoms with Crippen molar-refractivity contribution in [1.82, 2.24) is 10.2 Å². The highest BCUT2D eigenvalue weighted by atomic mass is 16.6. The van der Waals surface area contributed by atoms with Gasteiger partial charge in [-0.1, -0.05) is 43.6 Å². The Morgan fingerprint density at radius 1 is 1.07 bits per heavy atom. The maximum absolute atomic E-state index is 12.9. The molecule has 0 spiro atoms. The first-order valence-corrected chi connectivity index (χ1v) is 17.7. The average molecular weight is 620 g/mol. The average Bonchev–Trinajstić information content (AvgIpc) is 3.33. The minimum atomic E-state index is -0.122. The molecule has 7 heteroatoms. The van der Waals surface area contributed by atoms with E-state index >= 15 is 0 Å². The number of allylic oxidation sites excluding steroid dienone is 2. The molecule has 1 aliphatic heterocycles. The molecule has 4 aliphatic carbocycles. The van der Waals surface area contributed by atoms with Crippen molar-refractivity contribution in [2.24, 2.45) is 39.7 Å². The van der Waals surface area contributed by atoms with Crippen molar-refractivity contribution >= 4 is 11.6 Å². The van der Waals surface area contributed by atoms with Crippen LogP contribution in [0.4, 0.5) is 0 Å². The molecule has 7 nitrogen and oxygen atoms in total. The van der Waals surface area contributed by atoms with E-state index in [1.165, 1.54) is 30.4 Å². The summed E-state index contributed by atoms with van der Waals surface area (Å²) >= 11 is 0. The Hall–Kier alpha value is -2.38. The van der Waals surface area contributed by atoms with Crippen LogP contribution in [0.2, 0.25) is 0 Å². The van der Waals surface area contributed by atoms with Crippen LogP contribution in [0, 0.1) is 34.5 Å². The van der Waals surface area contributed by atoms with Crippen LogP contribution in [0.1, 0.15) is 97.5 Å². The molecule has 45 heavy (non-hydrogen) atoms. The van der Waals surface area contributed by atoms with E-state index in [1.807, 2.05) is 0 Å². The third-order valence-corrected chi connectivity index (χ3v) is 13.8. The first kappa shape index (κ1) is 32.6. The molecule has 0 aromatic heterocycles. The number of aliphatic hydroxyl groups is 1. The molecule has 3 saturated carbocycles. The van der Waals surface area contributed by atoms with Crippen molar-refractivity contribution in [3.8, 4) is 5.75 Å². The van der Waals surface area contributed by atoms with Gasteiger partial charge in [-0.25, -0.2) is 0 Å². The smallest absolute Gasteiger partial charge is 0.260 e. The number of carbonyl (C=O) groups is 1. The largest absolute Gasteiger partial charge is 0.497 e. The van der Waals surface area contributed by atoms with Crippen molar-refractivity contribution in [2.45, 2.75) is 109 Å². The highest BCUT2D eigenvalue weighted by Gasteiger charge is 2.58. The zero-order chi connectivity index (χ0) is 32.0. The van der Waals surface area contributed by atoms with E-state index in [-0.39, 0.29) is 34.9 Å². The maximum Gasteiger partial charge on any atom is 0.260 e. The Morgan fingerprint density at radius 2 is 1.84 bits per heavy atom. The van der Waals surface area contributed by atoms with E-state index in [9.17, 15) is 9.90 Å². The lowest BCUT2D eigenvalue weighted by molar-refractivity contribution is -0.125. The highest BCUT2D eigenvalue weighted by Crippen LogP contribution is 2.65. The SMILES string of the molecule is COc1ccc([C@]2(CCNC(=O)CON=C3C=C4CC[C@H]5[C@@H]6CC[C@@H](O)[C@@]6(C)CC[C@@H]5[C@@]4(C)CC3)C[C@@H](C)N(C)C[C@H]2C)cc1. The summed E-state index contributed by atoms with van der Waals surface area (Å²) in [4.78, 5) is 21.0. The van der Waals surface area contributed by atoms with E-state index in [0.717, 1.165) is 68.9 Å². The first-order chi connectivity index (χ1) is 21.5. The maximum atomic E-state index is 12.9. The number of hydrogen-bond acceptors (Lipinski definition) is 6. The van der Waals surface area contributed by atoms with Crippen LogP contribution in [0.25, 0.3) is 0 Å². The van der Waals surface area contributed by atoms with Gasteiger partial charge in [-0.05, 0) is 136 Å². The van der Waals surface area contributed by atoms with E-state index in [4.69, 9.17) is 9.57 Å². The van der Waals surface area contributed by atoms with Gasteiger partial charge in [0.1, 0.15) is 5.75 Å². The number of carbonyl (C=O) groups excluding carboxylic acids is 1. The fraction of sp³-hybridized carbons (Fsp3) is 0.737. The summed E-state index contributed by atoms with van der Waals surface area (Å²) in [6.45, 7) is 11.1. The van der Waals surface area contributed by atoms with Crippen molar-refractivity contribution in [2.75, 3.05) is 33.9 Å². The van der Waals surface area contributed by atoms with E-state index in [1.54, 1.807) is 7.11 Å². The lowest BCUT2D eigenvalue weighted by Crippen LogP contribution is -2.52. The van der Waals surface area contributed by atoms with Crippen molar-refractivity contribution in [1.29, 1.82) is 0 Å². The number of oxime groups is 1. The Kier molecular flexibility index (Phi) is 9.17. The zero-order valence-electron chi connectivity index (χ0n) is 28.6. The zero-order valence-corrected chi connectivity index (χ0v) is 28.6. The normalized spacial score (nSPS) is 40.6. The molecule has 1 heterocycles. The Balaban J connectivity index is 1.04. The topological polar surface area (TPSA) is 83.4 Å². The Labute approximate surface area is 271 Å². The van der Waals surface area contributed by atoms with E-state index in [0.29, 0.717) is 30.3 Å². The molecule has 0 unspecified atom stereocenters. The minimum Gasteiger partial charge on any atom is -0.497 e. The summed E-state index contributed by atoms with van der Waals surface area (Å²) in [7, 11) is 3.91. The number of rotatable bonds is 8. The molecule has 1 saturated heterocycles. The standard InChI is InChI=1S/C38H57N3O4/c1-25-23-41(5)26(2)22-38(25,27-7-10-30(44-6)11-8-27)19-20-39-35(43)24-45-40-29-15-17-36(3)28(21-29)9-12-31-32-13-14-34(42)37(32,4)18-16-33(31)36/h7-8,10-11,21,25-26,31-34,42H,9,12-20,22-24H2,1-6H3,(H,39,43)/t25-,26-,31+,32+,33+,34-,36+,37+,38-/m1/s1. The molecule has 1 aromatic carbocycles. The fourth-order valence-corrected chi connectivity index (χ4v) is 10.8. The van der Waals surface area contributed by atoms with Gasteiger partial charge in [-0.15, -0.1) is 0 Å².